The lowest BCUT2D eigenvalue weighted by molar-refractivity contribution is -0.153. The molecular formula is C13H18F3NO2. The Morgan fingerprint density at radius 1 is 1.11 bits per heavy atom. The number of benzene rings is 1. The quantitative estimate of drug-likeness (QED) is 0.832. The molecule has 0 radical (unpaired) electrons. The molecule has 1 aromatic carbocycles. The molecule has 0 fully saturated rings. The predicted molar refractivity (Wildman–Crippen MR) is 65.6 cm³/mol. The molecule has 1 aromatic rings. The highest BCUT2D eigenvalue weighted by Gasteiger charge is 2.34. The minimum Gasteiger partial charge on any atom is -0.395 e. The monoisotopic (exact) mass is 277 g/mol. The van der Waals surface area contributed by atoms with E-state index in [4.69, 9.17) is 5.11 Å². The molecule has 0 aliphatic rings. The third kappa shape index (κ3) is 5.59. The van der Waals surface area contributed by atoms with Gasteiger partial charge in [0.05, 0.1) is 18.8 Å². The fourth-order valence-corrected chi connectivity index (χ4v) is 1.93. The maximum absolute atomic E-state index is 12.4. The van der Waals surface area contributed by atoms with Crippen LogP contribution >= 0.6 is 0 Å². The van der Waals surface area contributed by atoms with Gasteiger partial charge in [0, 0.05) is 13.1 Å². The first-order valence-electron chi connectivity index (χ1n) is 5.92. The summed E-state index contributed by atoms with van der Waals surface area (Å²) in [5.74, 6) is 0. The molecule has 1 unspecified atom stereocenters. The lowest BCUT2D eigenvalue weighted by atomic mass is 9.95. The highest BCUT2D eigenvalue weighted by molar-refractivity contribution is 5.21. The molecule has 0 heterocycles. The van der Waals surface area contributed by atoms with E-state index in [1.165, 1.54) is 6.92 Å². The van der Waals surface area contributed by atoms with Gasteiger partial charge in [0.15, 0.2) is 0 Å². The maximum atomic E-state index is 12.4. The molecule has 1 rings (SSSR count). The van der Waals surface area contributed by atoms with Crippen LogP contribution in [0.15, 0.2) is 30.3 Å². The van der Waals surface area contributed by atoms with E-state index in [1.54, 1.807) is 30.3 Å². The molecular weight excluding hydrogens is 259 g/mol. The number of alkyl halides is 3. The summed E-state index contributed by atoms with van der Waals surface area (Å²) in [6, 6.07) is 8.50. The number of rotatable bonds is 6. The van der Waals surface area contributed by atoms with Gasteiger partial charge in [-0.25, -0.2) is 0 Å². The molecule has 0 amide bonds. The molecule has 108 valence electrons. The number of hydrogen-bond acceptors (Lipinski definition) is 3. The van der Waals surface area contributed by atoms with Gasteiger partial charge in [-0.3, -0.25) is 4.90 Å². The number of aliphatic hydroxyl groups excluding tert-OH is 1. The lowest BCUT2D eigenvalue weighted by Gasteiger charge is -2.32. The molecule has 2 N–H and O–H groups in total. The zero-order valence-corrected chi connectivity index (χ0v) is 10.7. The first-order valence-corrected chi connectivity index (χ1v) is 5.92. The standard InChI is InChI=1S/C13H18F3NO2/c1-12(19,11-5-3-2-4-6-11)9-17(7-8-18)10-13(14,15)16/h2-6,18-19H,7-10H2,1H3. The van der Waals surface area contributed by atoms with Crippen molar-refractivity contribution in [2.45, 2.75) is 18.7 Å². The van der Waals surface area contributed by atoms with E-state index in [2.05, 4.69) is 0 Å². The van der Waals surface area contributed by atoms with Crippen LogP contribution in [0.2, 0.25) is 0 Å². The third-order valence-corrected chi connectivity index (χ3v) is 2.75. The second-order valence-electron chi connectivity index (χ2n) is 4.69. The van der Waals surface area contributed by atoms with Crippen LogP contribution in [0.25, 0.3) is 0 Å². The fraction of sp³-hybridized carbons (Fsp3) is 0.538. The Hall–Kier alpha value is -1.11. The van der Waals surface area contributed by atoms with Gasteiger partial charge in [0.2, 0.25) is 0 Å². The van der Waals surface area contributed by atoms with E-state index >= 15 is 0 Å². The van der Waals surface area contributed by atoms with Crippen molar-refractivity contribution in [2.24, 2.45) is 0 Å². The van der Waals surface area contributed by atoms with Crippen LogP contribution in [0.4, 0.5) is 13.2 Å². The van der Waals surface area contributed by atoms with Crippen LogP contribution in [0.1, 0.15) is 12.5 Å². The molecule has 0 saturated heterocycles. The first-order chi connectivity index (χ1) is 8.74. The summed E-state index contributed by atoms with van der Waals surface area (Å²) >= 11 is 0. The van der Waals surface area contributed by atoms with E-state index in [-0.39, 0.29) is 19.7 Å². The molecule has 6 heteroatoms. The van der Waals surface area contributed by atoms with Crippen molar-refractivity contribution in [3.8, 4) is 0 Å². The van der Waals surface area contributed by atoms with E-state index in [0.717, 1.165) is 4.90 Å². The zero-order chi connectivity index (χ0) is 14.5. The van der Waals surface area contributed by atoms with Gasteiger partial charge in [-0.2, -0.15) is 13.2 Å². The number of nitrogens with zero attached hydrogens (tertiary/aromatic N) is 1. The van der Waals surface area contributed by atoms with Gasteiger partial charge in [0.1, 0.15) is 0 Å². The van der Waals surface area contributed by atoms with Crippen LogP contribution in [0.5, 0.6) is 0 Å². The van der Waals surface area contributed by atoms with Gasteiger partial charge in [0.25, 0.3) is 0 Å². The third-order valence-electron chi connectivity index (χ3n) is 2.75. The van der Waals surface area contributed by atoms with E-state index in [9.17, 15) is 18.3 Å². The van der Waals surface area contributed by atoms with Crippen molar-refractivity contribution in [1.29, 1.82) is 0 Å². The van der Waals surface area contributed by atoms with E-state index in [1.807, 2.05) is 0 Å². The SMILES string of the molecule is CC(O)(CN(CCO)CC(F)(F)F)c1ccccc1. The molecule has 1 atom stereocenters. The van der Waals surface area contributed by atoms with Crippen LogP contribution in [0.3, 0.4) is 0 Å². The van der Waals surface area contributed by atoms with Crippen molar-refractivity contribution < 1.29 is 23.4 Å². The molecule has 0 saturated carbocycles. The second-order valence-corrected chi connectivity index (χ2v) is 4.69. The minimum absolute atomic E-state index is 0.136. The largest absolute Gasteiger partial charge is 0.401 e. The minimum atomic E-state index is -4.36. The van der Waals surface area contributed by atoms with Crippen molar-refractivity contribution in [3.05, 3.63) is 35.9 Å². The Kier molecular flexibility index (Phi) is 5.34. The molecule has 3 nitrogen and oxygen atoms in total. The summed E-state index contributed by atoms with van der Waals surface area (Å²) in [5, 5.41) is 19.1. The Morgan fingerprint density at radius 3 is 2.16 bits per heavy atom. The Balaban J connectivity index is 2.77. The first kappa shape index (κ1) is 15.9. The molecule has 19 heavy (non-hydrogen) atoms. The number of halogens is 3. The normalized spacial score (nSPS) is 15.5. The number of aliphatic hydroxyl groups is 2. The molecule has 0 spiro atoms. The fourth-order valence-electron chi connectivity index (χ4n) is 1.93. The molecule has 0 aliphatic heterocycles. The topological polar surface area (TPSA) is 43.7 Å². The molecule has 0 bridgehead atoms. The Morgan fingerprint density at radius 2 is 1.68 bits per heavy atom. The van der Waals surface area contributed by atoms with Crippen molar-refractivity contribution in [2.75, 3.05) is 26.2 Å². The van der Waals surface area contributed by atoms with Crippen LogP contribution in [-0.4, -0.2) is 47.5 Å². The Bertz CT molecular complexity index is 379. The van der Waals surface area contributed by atoms with Crippen molar-refractivity contribution in [3.63, 3.8) is 0 Å². The van der Waals surface area contributed by atoms with Crippen LogP contribution in [-0.2, 0) is 5.60 Å². The summed E-state index contributed by atoms with van der Waals surface area (Å²) in [6.07, 6.45) is -4.36. The smallest absolute Gasteiger partial charge is 0.395 e. The summed E-state index contributed by atoms with van der Waals surface area (Å²) in [5.41, 5.74) is -0.859. The average molecular weight is 277 g/mol. The van der Waals surface area contributed by atoms with E-state index < -0.39 is 18.3 Å². The summed E-state index contributed by atoms with van der Waals surface area (Å²) in [7, 11) is 0. The molecule has 0 aromatic heterocycles. The highest BCUT2D eigenvalue weighted by atomic mass is 19.4. The maximum Gasteiger partial charge on any atom is 0.401 e. The van der Waals surface area contributed by atoms with Gasteiger partial charge < -0.3 is 10.2 Å². The van der Waals surface area contributed by atoms with Crippen molar-refractivity contribution in [1.82, 2.24) is 4.90 Å². The van der Waals surface area contributed by atoms with Gasteiger partial charge >= 0.3 is 6.18 Å². The average Bonchev–Trinajstić information content (AvgIpc) is 2.27. The van der Waals surface area contributed by atoms with Gasteiger partial charge in [-0.15, -0.1) is 0 Å². The van der Waals surface area contributed by atoms with Crippen LogP contribution < -0.4 is 0 Å². The Labute approximate surface area is 110 Å². The second kappa shape index (κ2) is 6.36. The van der Waals surface area contributed by atoms with Crippen LogP contribution in [0, 0.1) is 0 Å². The molecule has 0 aliphatic carbocycles. The van der Waals surface area contributed by atoms with Crippen molar-refractivity contribution >= 4 is 0 Å². The predicted octanol–water partition coefficient (Wildman–Crippen LogP) is 1.75. The van der Waals surface area contributed by atoms with Gasteiger partial charge in [-0.1, -0.05) is 30.3 Å². The zero-order valence-electron chi connectivity index (χ0n) is 10.7. The number of hydrogen-bond donors (Lipinski definition) is 2. The summed E-state index contributed by atoms with van der Waals surface area (Å²) in [4.78, 5) is 0.993. The lowest BCUT2D eigenvalue weighted by Crippen LogP contribution is -2.44. The van der Waals surface area contributed by atoms with E-state index in [0.29, 0.717) is 5.56 Å². The summed E-state index contributed by atoms with van der Waals surface area (Å²) < 4.78 is 37.2. The highest BCUT2D eigenvalue weighted by Crippen LogP contribution is 2.24. The summed E-state index contributed by atoms with van der Waals surface area (Å²) in [6.45, 7) is -0.417. The van der Waals surface area contributed by atoms with Gasteiger partial charge in [-0.05, 0) is 12.5 Å².